The Bertz CT molecular complexity index is 946. The number of thioether (sulfide) groups is 1. The monoisotopic (exact) mass is 415 g/mol. The minimum atomic E-state index is -0.558. The van der Waals surface area contributed by atoms with Gasteiger partial charge in [-0.1, -0.05) is 18.7 Å². The number of nitrogens with zero attached hydrogens (tertiary/aromatic N) is 3. The van der Waals surface area contributed by atoms with Gasteiger partial charge in [0.1, 0.15) is 5.75 Å². The smallest absolute Gasteiger partial charge is 0.311 e. The normalized spacial score (nSPS) is 17.4. The topological polar surface area (TPSA) is 94.3 Å². The molecular weight excluding hydrogens is 394 g/mol. The van der Waals surface area contributed by atoms with Gasteiger partial charge in [-0.3, -0.25) is 19.8 Å². The highest BCUT2D eigenvalue weighted by Gasteiger charge is 2.35. The van der Waals surface area contributed by atoms with E-state index >= 15 is 0 Å². The van der Waals surface area contributed by atoms with Crippen LogP contribution in [-0.4, -0.2) is 46.9 Å². The zero-order chi connectivity index (χ0) is 21.0. The summed E-state index contributed by atoms with van der Waals surface area (Å²) < 4.78 is 10.2. The van der Waals surface area contributed by atoms with Crippen LogP contribution in [0.1, 0.15) is 23.7 Å². The van der Waals surface area contributed by atoms with Gasteiger partial charge in [0.25, 0.3) is 5.91 Å². The van der Waals surface area contributed by atoms with Crippen LogP contribution in [0.25, 0.3) is 0 Å². The van der Waals surface area contributed by atoms with Crippen molar-refractivity contribution in [2.75, 3.05) is 20.0 Å². The summed E-state index contributed by atoms with van der Waals surface area (Å²) in [6.45, 7) is 2.00. The van der Waals surface area contributed by atoms with Crippen molar-refractivity contribution in [3.63, 3.8) is 0 Å². The van der Waals surface area contributed by atoms with Crippen LogP contribution < -0.4 is 9.47 Å². The molecule has 0 unspecified atom stereocenters. The number of carbonyl (C=O) groups excluding carboxylic acids is 1. The second-order valence-electron chi connectivity index (χ2n) is 6.28. The first-order valence-electron chi connectivity index (χ1n) is 9.00. The lowest BCUT2D eigenvalue weighted by Crippen LogP contribution is -2.39. The van der Waals surface area contributed by atoms with Crippen LogP contribution in [0.4, 0.5) is 11.4 Å². The Morgan fingerprint density at radius 2 is 1.97 bits per heavy atom. The second-order valence-corrected chi connectivity index (χ2v) is 7.27. The van der Waals surface area contributed by atoms with Gasteiger partial charge in [0, 0.05) is 23.4 Å². The quantitative estimate of drug-likeness (QED) is 0.517. The van der Waals surface area contributed by atoms with Crippen LogP contribution in [0.15, 0.2) is 47.5 Å². The summed E-state index contributed by atoms with van der Waals surface area (Å²) in [5.41, 5.74) is 0.677. The molecule has 1 heterocycles. The maximum atomic E-state index is 13.2. The molecule has 2 aromatic rings. The van der Waals surface area contributed by atoms with Gasteiger partial charge >= 0.3 is 5.69 Å². The van der Waals surface area contributed by atoms with Gasteiger partial charge in [0.15, 0.2) is 10.9 Å². The molecule has 0 bridgehead atoms. The predicted octanol–water partition coefficient (Wildman–Crippen LogP) is 4.27. The molecule has 9 heteroatoms. The van der Waals surface area contributed by atoms with Crippen molar-refractivity contribution in [2.24, 2.45) is 4.99 Å². The minimum absolute atomic E-state index is 0.0364. The molecule has 1 aliphatic heterocycles. The third-order valence-electron chi connectivity index (χ3n) is 4.59. The van der Waals surface area contributed by atoms with E-state index in [-0.39, 0.29) is 28.9 Å². The average Bonchev–Trinajstić information content (AvgIpc) is 3.15. The molecule has 0 spiro atoms. The molecule has 1 saturated heterocycles. The third-order valence-corrected chi connectivity index (χ3v) is 5.68. The zero-order valence-corrected chi connectivity index (χ0v) is 17.1. The van der Waals surface area contributed by atoms with Gasteiger partial charge < -0.3 is 9.47 Å². The first-order valence-corrected chi connectivity index (χ1v) is 9.98. The molecule has 1 fully saturated rings. The average molecular weight is 415 g/mol. The summed E-state index contributed by atoms with van der Waals surface area (Å²) in [6, 6.07) is 11.4. The third kappa shape index (κ3) is 4.34. The van der Waals surface area contributed by atoms with Gasteiger partial charge in [-0.25, -0.2) is 4.99 Å². The van der Waals surface area contributed by atoms with Gasteiger partial charge in [0.2, 0.25) is 0 Å². The Hall–Kier alpha value is -3.07. The Kier molecular flexibility index (Phi) is 6.38. The maximum absolute atomic E-state index is 13.2. The minimum Gasteiger partial charge on any atom is -0.497 e. The molecule has 3 rings (SSSR count). The highest BCUT2D eigenvalue weighted by atomic mass is 32.2. The molecule has 29 heavy (non-hydrogen) atoms. The number of ether oxygens (including phenoxy) is 2. The van der Waals surface area contributed by atoms with Crippen LogP contribution >= 0.6 is 11.8 Å². The lowest BCUT2D eigenvalue weighted by Gasteiger charge is -2.23. The van der Waals surface area contributed by atoms with Crippen LogP contribution in [0.3, 0.4) is 0 Å². The lowest BCUT2D eigenvalue weighted by atomic mass is 10.1. The summed E-state index contributed by atoms with van der Waals surface area (Å²) in [6.07, 6.45) is 0.749. The number of rotatable bonds is 6. The van der Waals surface area contributed by atoms with E-state index < -0.39 is 4.92 Å². The van der Waals surface area contributed by atoms with Crippen molar-refractivity contribution in [2.45, 2.75) is 19.4 Å². The molecule has 0 saturated carbocycles. The number of benzene rings is 2. The molecule has 0 N–H and O–H groups in total. The van der Waals surface area contributed by atoms with E-state index in [0.29, 0.717) is 10.9 Å². The fourth-order valence-electron chi connectivity index (χ4n) is 2.98. The van der Waals surface area contributed by atoms with Crippen molar-refractivity contribution in [1.82, 2.24) is 4.90 Å². The van der Waals surface area contributed by atoms with Crippen molar-refractivity contribution >= 4 is 34.2 Å². The fourth-order valence-corrected chi connectivity index (χ4v) is 4.25. The summed E-state index contributed by atoms with van der Waals surface area (Å²) >= 11 is 1.49. The van der Waals surface area contributed by atoms with Crippen LogP contribution in [0.5, 0.6) is 11.5 Å². The van der Waals surface area contributed by atoms with Crippen molar-refractivity contribution in [3.8, 4) is 11.5 Å². The highest BCUT2D eigenvalue weighted by molar-refractivity contribution is 8.14. The number of amidine groups is 1. The SMILES string of the molecule is CC[C@H]1CSC(=Nc2ccc(OC)cc2)N1C(=O)c1ccc(OC)c([N+](=O)[O-])c1. The molecule has 2 aromatic carbocycles. The Morgan fingerprint density at radius 3 is 2.55 bits per heavy atom. The second kappa shape index (κ2) is 8.95. The van der Waals surface area contributed by atoms with Crippen molar-refractivity contribution in [3.05, 3.63) is 58.1 Å². The number of carbonyl (C=O) groups is 1. The van der Waals surface area contributed by atoms with E-state index in [1.807, 2.05) is 19.1 Å². The van der Waals surface area contributed by atoms with Gasteiger partial charge in [-0.05, 0) is 42.8 Å². The van der Waals surface area contributed by atoms with Gasteiger partial charge in [-0.2, -0.15) is 0 Å². The molecule has 1 atom stereocenters. The number of hydrogen-bond donors (Lipinski definition) is 0. The number of nitro groups is 1. The van der Waals surface area contributed by atoms with E-state index in [1.54, 1.807) is 24.1 Å². The Balaban J connectivity index is 1.96. The number of nitro benzene ring substituents is 1. The number of hydrogen-bond acceptors (Lipinski definition) is 7. The Morgan fingerprint density at radius 1 is 1.24 bits per heavy atom. The maximum Gasteiger partial charge on any atom is 0.311 e. The molecule has 0 aliphatic carbocycles. The van der Waals surface area contributed by atoms with Crippen LogP contribution in [0.2, 0.25) is 0 Å². The number of aliphatic imine (C=N–C) groups is 1. The zero-order valence-electron chi connectivity index (χ0n) is 16.3. The van der Waals surface area contributed by atoms with E-state index in [9.17, 15) is 14.9 Å². The van der Waals surface area contributed by atoms with Crippen LogP contribution in [0, 0.1) is 10.1 Å². The van der Waals surface area contributed by atoms with E-state index in [2.05, 4.69) is 4.99 Å². The lowest BCUT2D eigenvalue weighted by molar-refractivity contribution is -0.385. The fraction of sp³-hybridized carbons (Fsp3) is 0.300. The molecular formula is C20H21N3O5S. The number of amides is 1. The van der Waals surface area contributed by atoms with Crippen LogP contribution in [-0.2, 0) is 0 Å². The molecule has 1 aliphatic rings. The largest absolute Gasteiger partial charge is 0.497 e. The van der Waals surface area contributed by atoms with E-state index in [4.69, 9.17) is 9.47 Å². The molecule has 8 nitrogen and oxygen atoms in total. The molecule has 1 amide bonds. The summed E-state index contributed by atoms with van der Waals surface area (Å²) in [5, 5.41) is 11.9. The first-order chi connectivity index (χ1) is 14.0. The summed E-state index contributed by atoms with van der Waals surface area (Å²) in [4.78, 5) is 30.2. The predicted molar refractivity (Wildman–Crippen MR) is 112 cm³/mol. The Labute approximate surface area is 172 Å². The highest BCUT2D eigenvalue weighted by Crippen LogP contribution is 2.33. The van der Waals surface area contributed by atoms with Gasteiger partial charge in [-0.15, -0.1) is 0 Å². The van der Waals surface area contributed by atoms with Crippen molar-refractivity contribution in [1.29, 1.82) is 0 Å². The van der Waals surface area contributed by atoms with E-state index in [1.165, 1.54) is 37.1 Å². The van der Waals surface area contributed by atoms with Gasteiger partial charge in [0.05, 0.1) is 24.8 Å². The first kappa shape index (κ1) is 20.7. The molecule has 0 aromatic heterocycles. The number of methoxy groups -OCH3 is 2. The van der Waals surface area contributed by atoms with E-state index in [0.717, 1.165) is 17.9 Å². The molecule has 152 valence electrons. The summed E-state index contributed by atoms with van der Waals surface area (Å²) in [7, 11) is 2.95. The van der Waals surface area contributed by atoms with Crippen molar-refractivity contribution < 1.29 is 19.2 Å². The summed E-state index contributed by atoms with van der Waals surface area (Å²) in [5.74, 6) is 1.23. The standard InChI is InChI=1S/C20H21N3O5S/c1-4-15-12-29-20(21-14-6-8-16(27-2)9-7-14)22(15)19(24)13-5-10-18(28-3)17(11-13)23(25)26/h5-11,15H,4,12H2,1-3H3/t15-/m0/s1. The molecule has 0 radical (unpaired) electrons.